The molecule has 0 saturated heterocycles. The van der Waals surface area contributed by atoms with Crippen LogP contribution < -0.4 is 20.2 Å². The molecular weight excluding hydrogens is 418 g/mol. The highest BCUT2D eigenvalue weighted by atomic mass is 32.2. The van der Waals surface area contributed by atoms with Gasteiger partial charge in [0.2, 0.25) is 23.8 Å². The number of aromatic amines is 2. The van der Waals surface area contributed by atoms with Crippen LogP contribution in [0.15, 0.2) is 58.9 Å². The van der Waals surface area contributed by atoms with Gasteiger partial charge in [0.05, 0.1) is 12.0 Å². The number of rotatable bonds is 7. The lowest BCUT2D eigenvalue weighted by Crippen LogP contribution is -2.14. The van der Waals surface area contributed by atoms with Gasteiger partial charge in [-0.15, -0.1) is 5.10 Å². The number of nitrogens with one attached hydrogen (secondary N) is 4. The summed E-state index contributed by atoms with van der Waals surface area (Å²) < 4.78 is 10.6. The molecule has 2 aromatic carbocycles. The molecule has 1 aliphatic rings. The van der Waals surface area contributed by atoms with Crippen molar-refractivity contribution in [1.82, 2.24) is 20.2 Å². The van der Waals surface area contributed by atoms with Gasteiger partial charge in [0.1, 0.15) is 0 Å². The zero-order chi connectivity index (χ0) is 21.0. The van der Waals surface area contributed by atoms with Gasteiger partial charge in [-0.2, -0.15) is 10.1 Å². The monoisotopic (exact) mass is 435 g/mol. The second-order valence-electron chi connectivity index (χ2n) is 6.53. The number of anilines is 2. The minimum Gasteiger partial charge on any atom is -0.454 e. The van der Waals surface area contributed by atoms with Gasteiger partial charge in [-0.05, 0) is 18.2 Å². The fraction of sp³-hybridized carbons (Fsp3) is 0.100. The number of hydrogen-bond acceptors (Lipinski definition) is 8. The maximum absolute atomic E-state index is 12.2. The van der Waals surface area contributed by atoms with E-state index in [1.54, 1.807) is 24.4 Å². The van der Waals surface area contributed by atoms with Gasteiger partial charge in [-0.3, -0.25) is 4.79 Å². The first kappa shape index (κ1) is 19.0. The highest BCUT2D eigenvalue weighted by Crippen LogP contribution is 2.34. The Kier molecular flexibility index (Phi) is 5.15. The maximum atomic E-state index is 12.2. The average molecular weight is 435 g/mol. The third-order valence-corrected chi connectivity index (χ3v) is 5.30. The molecule has 3 heterocycles. The van der Waals surface area contributed by atoms with Crippen molar-refractivity contribution in [3.05, 3.63) is 54.2 Å². The van der Waals surface area contributed by atoms with Crippen LogP contribution in [0.4, 0.5) is 11.6 Å². The fourth-order valence-electron chi connectivity index (χ4n) is 3.03. The highest BCUT2D eigenvalue weighted by Gasteiger charge is 2.14. The Morgan fingerprint density at radius 1 is 1.23 bits per heavy atom. The van der Waals surface area contributed by atoms with Crippen molar-refractivity contribution in [3.63, 3.8) is 0 Å². The molecule has 0 aliphatic carbocycles. The van der Waals surface area contributed by atoms with Gasteiger partial charge in [-0.25, -0.2) is 10.5 Å². The zero-order valence-electron chi connectivity index (χ0n) is 16.1. The van der Waals surface area contributed by atoms with Gasteiger partial charge in [-0.1, -0.05) is 30.0 Å². The summed E-state index contributed by atoms with van der Waals surface area (Å²) in [6.07, 6.45) is 3.59. The van der Waals surface area contributed by atoms with E-state index in [2.05, 4.69) is 36.0 Å². The number of aromatic nitrogens is 4. The van der Waals surface area contributed by atoms with Crippen LogP contribution in [0, 0.1) is 0 Å². The number of hydrazone groups is 1. The largest absolute Gasteiger partial charge is 0.454 e. The van der Waals surface area contributed by atoms with Gasteiger partial charge in [0.25, 0.3) is 0 Å². The molecule has 0 atom stereocenters. The van der Waals surface area contributed by atoms with Crippen molar-refractivity contribution >= 4 is 46.4 Å². The standard InChI is InChI=1S/C20H17N7O3S/c28-18(23-13-5-6-16-17(7-13)30-11-29-16)10-31-20-24-19(26-27-20)25-22-9-12-8-21-15-4-2-1-3-14(12)15/h1-9,21H,10-11H2,(H,23,28)(H2,24,25,26,27)/b22-9-. The number of thioether (sulfide) groups is 1. The van der Waals surface area contributed by atoms with Crippen LogP contribution in [0.5, 0.6) is 11.5 Å². The molecule has 10 nitrogen and oxygen atoms in total. The van der Waals surface area contributed by atoms with E-state index in [1.807, 2.05) is 30.5 Å². The molecule has 0 radical (unpaired) electrons. The second kappa shape index (κ2) is 8.40. The lowest BCUT2D eigenvalue weighted by molar-refractivity contribution is -0.113. The topological polar surface area (TPSA) is 129 Å². The molecular formula is C20H17N7O3S. The summed E-state index contributed by atoms with van der Waals surface area (Å²) in [4.78, 5) is 19.6. The van der Waals surface area contributed by atoms with Crippen LogP contribution in [0.2, 0.25) is 0 Å². The Balaban J connectivity index is 1.12. The van der Waals surface area contributed by atoms with Gasteiger partial charge < -0.3 is 19.8 Å². The number of amides is 1. The molecule has 2 aromatic heterocycles. The van der Waals surface area contributed by atoms with Gasteiger partial charge in [0, 0.05) is 34.4 Å². The van der Waals surface area contributed by atoms with Crippen LogP contribution in [0.25, 0.3) is 10.9 Å². The number of ether oxygens (including phenoxy) is 2. The Labute approximate surface area is 180 Å². The van der Waals surface area contributed by atoms with Crippen molar-refractivity contribution in [2.45, 2.75) is 5.16 Å². The number of nitrogens with zero attached hydrogens (tertiary/aromatic N) is 3. The molecule has 1 aliphatic heterocycles. The minimum atomic E-state index is -0.180. The number of para-hydroxylation sites is 1. The van der Waals surface area contributed by atoms with Gasteiger partial charge in [0.15, 0.2) is 11.5 Å². The zero-order valence-corrected chi connectivity index (χ0v) is 16.9. The second-order valence-corrected chi connectivity index (χ2v) is 7.47. The van der Waals surface area contributed by atoms with Crippen molar-refractivity contribution in [3.8, 4) is 11.5 Å². The summed E-state index contributed by atoms with van der Waals surface area (Å²) in [7, 11) is 0. The summed E-state index contributed by atoms with van der Waals surface area (Å²) >= 11 is 1.21. The van der Waals surface area contributed by atoms with Crippen LogP contribution in [-0.2, 0) is 4.79 Å². The third-order valence-electron chi connectivity index (χ3n) is 4.45. The molecule has 156 valence electrons. The summed E-state index contributed by atoms with van der Waals surface area (Å²) in [6, 6.07) is 13.2. The quantitative estimate of drug-likeness (QED) is 0.199. The van der Waals surface area contributed by atoms with Crippen LogP contribution in [0.1, 0.15) is 5.56 Å². The lowest BCUT2D eigenvalue weighted by atomic mass is 10.2. The van der Waals surface area contributed by atoms with Crippen LogP contribution in [0.3, 0.4) is 0 Å². The summed E-state index contributed by atoms with van der Waals surface area (Å²) in [6.45, 7) is 0.190. The average Bonchev–Trinajstić information content (AvgIpc) is 3.52. The van der Waals surface area contributed by atoms with E-state index in [0.29, 0.717) is 28.3 Å². The summed E-state index contributed by atoms with van der Waals surface area (Å²) in [5.74, 6) is 1.64. The SMILES string of the molecule is O=C(CSc1n[nH]c(N/N=C\c2c[nH]c3ccccc23)n1)Nc1ccc2c(c1)OCO2. The predicted octanol–water partition coefficient (Wildman–Crippen LogP) is 3.19. The Morgan fingerprint density at radius 2 is 2.13 bits per heavy atom. The van der Waals surface area contributed by atoms with E-state index < -0.39 is 0 Å². The molecule has 0 spiro atoms. The molecule has 11 heteroatoms. The van der Waals surface area contributed by atoms with E-state index in [0.717, 1.165) is 16.5 Å². The van der Waals surface area contributed by atoms with Gasteiger partial charge >= 0.3 is 0 Å². The molecule has 0 saturated carbocycles. The van der Waals surface area contributed by atoms with E-state index >= 15 is 0 Å². The first-order chi connectivity index (χ1) is 15.2. The lowest BCUT2D eigenvalue weighted by Gasteiger charge is -2.05. The number of fused-ring (bicyclic) bond motifs is 2. The Bertz CT molecular complexity index is 1270. The third kappa shape index (κ3) is 4.31. The maximum Gasteiger partial charge on any atom is 0.240 e. The number of benzene rings is 2. The minimum absolute atomic E-state index is 0.157. The van der Waals surface area contributed by atoms with Crippen LogP contribution >= 0.6 is 11.8 Å². The molecule has 4 N–H and O–H groups in total. The number of hydrogen-bond donors (Lipinski definition) is 4. The predicted molar refractivity (Wildman–Crippen MR) is 118 cm³/mol. The molecule has 5 rings (SSSR count). The van der Waals surface area contributed by atoms with Crippen LogP contribution in [-0.4, -0.2) is 44.8 Å². The molecule has 31 heavy (non-hydrogen) atoms. The summed E-state index contributed by atoms with van der Waals surface area (Å²) in [5, 5.41) is 15.3. The molecule has 1 amide bonds. The molecule has 0 bridgehead atoms. The molecule has 0 unspecified atom stereocenters. The normalized spacial score (nSPS) is 12.5. The Morgan fingerprint density at radius 3 is 3.10 bits per heavy atom. The highest BCUT2D eigenvalue weighted by molar-refractivity contribution is 7.99. The van der Waals surface area contributed by atoms with E-state index in [1.165, 1.54) is 11.8 Å². The summed E-state index contributed by atoms with van der Waals surface area (Å²) in [5.41, 5.74) is 5.44. The van der Waals surface area contributed by atoms with Crippen molar-refractivity contribution in [2.75, 3.05) is 23.3 Å². The van der Waals surface area contributed by atoms with E-state index in [-0.39, 0.29) is 18.5 Å². The molecule has 0 fully saturated rings. The smallest absolute Gasteiger partial charge is 0.240 e. The first-order valence-electron chi connectivity index (χ1n) is 9.34. The first-order valence-corrected chi connectivity index (χ1v) is 10.3. The number of H-pyrrole nitrogens is 2. The number of carbonyl (C=O) groups excluding carboxylic acids is 1. The van der Waals surface area contributed by atoms with E-state index in [9.17, 15) is 4.79 Å². The van der Waals surface area contributed by atoms with Crippen molar-refractivity contribution < 1.29 is 14.3 Å². The van der Waals surface area contributed by atoms with E-state index in [4.69, 9.17) is 9.47 Å². The van der Waals surface area contributed by atoms with Crippen molar-refractivity contribution in [1.29, 1.82) is 0 Å². The number of carbonyl (C=O) groups is 1. The Hall–Kier alpha value is -3.99. The van der Waals surface area contributed by atoms with Crippen molar-refractivity contribution in [2.24, 2.45) is 5.10 Å². The molecule has 4 aromatic rings. The fourth-order valence-corrected chi connectivity index (χ4v) is 3.62.